The Morgan fingerprint density at radius 3 is 2.76 bits per heavy atom. The molecule has 17 heavy (non-hydrogen) atoms. The highest BCUT2D eigenvalue weighted by molar-refractivity contribution is 5.73. The van der Waals surface area contributed by atoms with Crippen LogP contribution in [0.4, 0.5) is 0 Å². The van der Waals surface area contributed by atoms with Crippen LogP contribution < -0.4 is 0 Å². The van der Waals surface area contributed by atoms with Crippen molar-refractivity contribution in [2.45, 2.75) is 45.4 Å². The monoisotopic (exact) mass is 241 g/mol. The topological polar surface area (TPSA) is 77.2 Å². The van der Waals surface area contributed by atoms with Gasteiger partial charge in [0.25, 0.3) is 0 Å². The van der Waals surface area contributed by atoms with Crippen LogP contribution in [0.1, 0.15) is 49.0 Å². The number of ether oxygens (including phenoxy) is 1. The van der Waals surface area contributed by atoms with Crippen molar-refractivity contribution < 1.29 is 14.6 Å². The van der Waals surface area contributed by atoms with Gasteiger partial charge in [0.2, 0.25) is 0 Å². The predicted molar refractivity (Wildman–Crippen MR) is 61.7 cm³/mol. The molecule has 0 aliphatic rings. The van der Waals surface area contributed by atoms with Gasteiger partial charge in [0.1, 0.15) is 0 Å². The van der Waals surface area contributed by atoms with E-state index in [1.54, 1.807) is 18.7 Å². The maximum Gasteiger partial charge on any atom is 0.172 e. The third-order valence-electron chi connectivity index (χ3n) is 2.64. The third kappa shape index (κ3) is 3.61. The van der Waals surface area contributed by atoms with E-state index >= 15 is 0 Å². The summed E-state index contributed by atoms with van der Waals surface area (Å²) in [6.45, 7) is 4.21. The molecule has 0 saturated carbocycles. The molecule has 0 bridgehead atoms. The number of nitrogens with zero attached hydrogens (tertiary/aromatic N) is 3. The van der Waals surface area contributed by atoms with E-state index in [4.69, 9.17) is 4.74 Å². The maximum absolute atomic E-state index is 10.8. The minimum absolute atomic E-state index is 0.225. The van der Waals surface area contributed by atoms with Gasteiger partial charge in [-0.1, -0.05) is 5.21 Å². The van der Waals surface area contributed by atoms with E-state index in [0.717, 1.165) is 6.42 Å². The largest absolute Gasteiger partial charge is 0.393 e. The second-order valence-corrected chi connectivity index (χ2v) is 4.07. The van der Waals surface area contributed by atoms with Crippen LogP contribution in [0.15, 0.2) is 0 Å². The first-order chi connectivity index (χ1) is 8.10. The van der Waals surface area contributed by atoms with E-state index in [2.05, 4.69) is 10.3 Å². The number of methoxy groups -OCH3 is 1. The standard InChI is InChI=1S/C11H19N3O3/c1-8(16)5-4-6-14-11(9(2)17-3)10(7-15)12-13-14/h7-9,16H,4-6H2,1-3H3. The molecule has 1 aromatic heterocycles. The van der Waals surface area contributed by atoms with Crippen LogP contribution >= 0.6 is 0 Å². The van der Waals surface area contributed by atoms with Crippen LogP contribution in [0.2, 0.25) is 0 Å². The number of hydrogen-bond acceptors (Lipinski definition) is 5. The Balaban J connectivity index is 2.77. The lowest BCUT2D eigenvalue weighted by molar-refractivity contribution is 0.104. The Kier molecular flexibility index (Phi) is 5.24. The highest BCUT2D eigenvalue weighted by Crippen LogP contribution is 2.18. The van der Waals surface area contributed by atoms with E-state index in [1.165, 1.54) is 0 Å². The van der Waals surface area contributed by atoms with E-state index in [-0.39, 0.29) is 12.2 Å². The summed E-state index contributed by atoms with van der Waals surface area (Å²) in [7, 11) is 1.58. The van der Waals surface area contributed by atoms with E-state index in [9.17, 15) is 9.90 Å². The van der Waals surface area contributed by atoms with Gasteiger partial charge >= 0.3 is 0 Å². The Hall–Kier alpha value is -1.27. The van der Waals surface area contributed by atoms with Crippen molar-refractivity contribution in [3.05, 3.63) is 11.4 Å². The number of aromatic nitrogens is 3. The molecule has 6 heteroatoms. The van der Waals surface area contributed by atoms with Gasteiger partial charge in [0, 0.05) is 13.7 Å². The summed E-state index contributed by atoms with van der Waals surface area (Å²) in [6, 6.07) is 0. The summed E-state index contributed by atoms with van der Waals surface area (Å²) in [5.41, 5.74) is 1.00. The van der Waals surface area contributed by atoms with E-state index in [1.807, 2.05) is 6.92 Å². The number of rotatable bonds is 7. The molecule has 0 aromatic carbocycles. The van der Waals surface area contributed by atoms with Crippen molar-refractivity contribution in [3.63, 3.8) is 0 Å². The van der Waals surface area contributed by atoms with Gasteiger partial charge in [-0.3, -0.25) is 4.79 Å². The zero-order valence-corrected chi connectivity index (χ0v) is 10.5. The molecule has 2 atom stereocenters. The smallest absolute Gasteiger partial charge is 0.172 e. The predicted octanol–water partition coefficient (Wildman–Crippen LogP) is 0.959. The average Bonchev–Trinajstić information content (AvgIpc) is 2.70. The number of carbonyl (C=O) groups excluding carboxylic acids is 1. The van der Waals surface area contributed by atoms with Crippen molar-refractivity contribution in [2.75, 3.05) is 7.11 Å². The molecule has 0 aliphatic heterocycles. The first kappa shape index (κ1) is 13.8. The maximum atomic E-state index is 10.8. The second kappa shape index (κ2) is 6.46. The fourth-order valence-corrected chi connectivity index (χ4v) is 1.65. The van der Waals surface area contributed by atoms with Gasteiger partial charge in [-0.2, -0.15) is 0 Å². The lowest BCUT2D eigenvalue weighted by Gasteiger charge is -2.12. The average molecular weight is 241 g/mol. The molecular weight excluding hydrogens is 222 g/mol. The molecule has 1 heterocycles. The molecule has 96 valence electrons. The fourth-order valence-electron chi connectivity index (χ4n) is 1.65. The van der Waals surface area contributed by atoms with Gasteiger partial charge < -0.3 is 9.84 Å². The fraction of sp³-hybridized carbons (Fsp3) is 0.727. The molecule has 0 fully saturated rings. The summed E-state index contributed by atoms with van der Waals surface area (Å²) in [5.74, 6) is 0. The number of aliphatic hydroxyl groups is 1. The van der Waals surface area contributed by atoms with Crippen molar-refractivity contribution in [2.24, 2.45) is 0 Å². The first-order valence-corrected chi connectivity index (χ1v) is 5.69. The lowest BCUT2D eigenvalue weighted by atomic mass is 10.2. The second-order valence-electron chi connectivity index (χ2n) is 4.07. The Bertz CT molecular complexity index is 363. The lowest BCUT2D eigenvalue weighted by Crippen LogP contribution is -2.12. The quantitative estimate of drug-likeness (QED) is 0.719. The van der Waals surface area contributed by atoms with Crippen LogP contribution in [-0.4, -0.2) is 39.6 Å². The molecule has 0 radical (unpaired) electrons. The van der Waals surface area contributed by atoms with Crippen molar-refractivity contribution in [1.29, 1.82) is 0 Å². The summed E-state index contributed by atoms with van der Waals surface area (Å²) >= 11 is 0. The van der Waals surface area contributed by atoms with Crippen LogP contribution in [0, 0.1) is 0 Å². The van der Waals surface area contributed by atoms with Crippen molar-refractivity contribution in [1.82, 2.24) is 15.0 Å². The summed E-state index contributed by atoms with van der Waals surface area (Å²) in [5, 5.41) is 16.9. The minimum atomic E-state index is -0.327. The van der Waals surface area contributed by atoms with Gasteiger partial charge in [0.05, 0.1) is 17.9 Å². The molecule has 6 nitrogen and oxygen atoms in total. The summed E-state index contributed by atoms with van der Waals surface area (Å²) < 4.78 is 6.86. The molecule has 0 saturated heterocycles. The van der Waals surface area contributed by atoms with Crippen LogP contribution in [0.5, 0.6) is 0 Å². The molecule has 1 N–H and O–H groups in total. The van der Waals surface area contributed by atoms with Gasteiger partial charge in [0.15, 0.2) is 12.0 Å². The van der Waals surface area contributed by atoms with Gasteiger partial charge in [-0.25, -0.2) is 4.68 Å². The number of aliphatic hydroxyl groups excluding tert-OH is 1. The van der Waals surface area contributed by atoms with Gasteiger partial charge in [-0.05, 0) is 26.7 Å². The Labute approximate surface area is 101 Å². The SMILES string of the molecule is COC(C)c1c(C=O)nnn1CCCC(C)O. The van der Waals surface area contributed by atoms with Crippen molar-refractivity contribution in [3.8, 4) is 0 Å². The van der Waals surface area contributed by atoms with Gasteiger partial charge in [-0.15, -0.1) is 5.10 Å². The Morgan fingerprint density at radius 2 is 2.24 bits per heavy atom. The van der Waals surface area contributed by atoms with Crippen LogP contribution in [0.25, 0.3) is 0 Å². The van der Waals surface area contributed by atoms with Crippen LogP contribution in [-0.2, 0) is 11.3 Å². The number of aldehydes is 1. The molecular formula is C11H19N3O3. The molecule has 1 aromatic rings. The third-order valence-corrected chi connectivity index (χ3v) is 2.64. The van der Waals surface area contributed by atoms with Crippen LogP contribution in [0.3, 0.4) is 0 Å². The molecule has 0 amide bonds. The number of aryl methyl sites for hydroxylation is 1. The molecule has 2 unspecified atom stereocenters. The number of hydrogen-bond donors (Lipinski definition) is 1. The number of carbonyl (C=O) groups is 1. The minimum Gasteiger partial charge on any atom is -0.393 e. The molecule has 1 rings (SSSR count). The zero-order chi connectivity index (χ0) is 12.8. The first-order valence-electron chi connectivity index (χ1n) is 5.69. The summed E-state index contributed by atoms with van der Waals surface area (Å²) in [4.78, 5) is 10.8. The van der Waals surface area contributed by atoms with E-state index in [0.29, 0.717) is 30.6 Å². The zero-order valence-electron chi connectivity index (χ0n) is 10.5. The van der Waals surface area contributed by atoms with E-state index < -0.39 is 0 Å². The normalized spacial score (nSPS) is 14.6. The molecule has 0 spiro atoms. The highest BCUT2D eigenvalue weighted by Gasteiger charge is 2.18. The van der Waals surface area contributed by atoms with Crippen molar-refractivity contribution >= 4 is 6.29 Å². The molecule has 0 aliphatic carbocycles. The summed E-state index contributed by atoms with van der Waals surface area (Å²) in [6.07, 6.45) is 1.60. The Morgan fingerprint density at radius 1 is 1.53 bits per heavy atom. The highest BCUT2D eigenvalue weighted by atomic mass is 16.5.